The van der Waals surface area contributed by atoms with Crippen LogP contribution in [0.15, 0.2) is 18.5 Å². The number of likely N-dealkylation sites (N-methyl/N-ethyl adjacent to an activating group) is 1. The minimum atomic E-state index is -0.541. The van der Waals surface area contributed by atoms with E-state index >= 15 is 0 Å². The van der Waals surface area contributed by atoms with Crippen LogP contribution in [0.4, 0.5) is 0 Å². The average molecular weight is 224 g/mol. The lowest BCUT2D eigenvalue weighted by molar-refractivity contribution is -0.129. The van der Waals surface area contributed by atoms with E-state index in [0.717, 1.165) is 0 Å². The Labute approximate surface area is 93.9 Å². The molecule has 6 heteroatoms. The fraction of sp³-hybridized carbons (Fsp3) is 0.600. The van der Waals surface area contributed by atoms with Crippen LogP contribution in [0.2, 0.25) is 0 Å². The molecule has 0 unspecified atom stereocenters. The van der Waals surface area contributed by atoms with Gasteiger partial charge in [0, 0.05) is 25.5 Å². The molecule has 0 saturated carbocycles. The van der Waals surface area contributed by atoms with Crippen LogP contribution in [0.3, 0.4) is 0 Å². The van der Waals surface area contributed by atoms with Gasteiger partial charge < -0.3 is 15.3 Å². The molecule has 6 nitrogen and oxygen atoms in total. The summed E-state index contributed by atoms with van der Waals surface area (Å²) in [6.45, 7) is 1.20. The standard InChI is InChI=1S/C10H16N4O2/c1-11-5-10(16)13-6-8(9(15)7-13)14-4-2-3-12-14/h2-4,8-9,11,15H,5-7H2,1H3/t8-,9+/m1/s1. The number of hydrogen-bond donors (Lipinski definition) is 2. The third-order valence-electron chi connectivity index (χ3n) is 2.80. The van der Waals surface area contributed by atoms with Gasteiger partial charge in [0.25, 0.3) is 0 Å². The van der Waals surface area contributed by atoms with E-state index in [4.69, 9.17) is 0 Å². The molecule has 1 aromatic heterocycles. The van der Waals surface area contributed by atoms with Crippen LogP contribution in [0.1, 0.15) is 6.04 Å². The van der Waals surface area contributed by atoms with Crippen molar-refractivity contribution in [1.29, 1.82) is 0 Å². The second-order valence-electron chi connectivity index (χ2n) is 3.95. The van der Waals surface area contributed by atoms with E-state index in [1.165, 1.54) is 0 Å². The number of rotatable bonds is 3. The summed E-state index contributed by atoms with van der Waals surface area (Å²) in [6.07, 6.45) is 2.94. The molecule has 1 amide bonds. The molecule has 2 atom stereocenters. The Kier molecular flexibility index (Phi) is 3.21. The Bertz CT molecular complexity index is 352. The van der Waals surface area contributed by atoms with Gasteiger partial charge in [0.2, 0.25) is 5.91 Å². The largest absolute Gasteiger partial charge is 0.389 e. The maximum Gasteiger partial charge on any atom is 0.236 e. The van der Waals surface area contributed by atoms with E-state index in [0.29, 0.717) is 19.6 Å². The molecule has 2 N–H and O–H groups in total. The number of hydrogen-bond acceptors (Lipinski definition) is 4. The highest BCUT2D eigenvalue weighted by atomic mass is 16.3. The van der Waals surface area contributed by atoms with Crippen LogP contribution in [0.5, 0.6) is 0 Å². The van der Waals surface area contributed by atoms with Crippen molar-refractivity contribution in [2.24, 2.45) is 0 Å². The topological polar surface area (TPSA) is 70.4 Å². The second kappa shape index (κ2) is 4.63. The molecule has 1 aliphatic heterocycles. The fourth-order valence-electron chi connectivity index (χ4n) is 1.97. The Morgan fingerprint density at radius 1 is 1.62 bits per heavy atom. The van der Waals surface area contributed by atoms with Gasteiger partial charge in [-0.15, -0.1) is 0 Å². The Hall–Kier alpha value is -1.40. The van der Waals surface area contributed by atoms with E-state index in [1.807, 2.05) is 6.07 Å². The van der Waals surface area contributed by atoms with Gasteiger partial charge >= 0.3 is 0 Å². The number of likely N-dealkylation sites (tertiary alicyclic amines) is 1. The number of amides is 1. The summed E-state index contributed by atoms with van der Waals surface area (Å²) >= 11 is 0. The monoisotopic (exact) mass is 224 g/mol. The maximum atomic E-state index is 11.6. The van der Waals surface area contributed by atoms with Gasteiger partial charge in [0.05, 0.1) is 18.7 Å². The van der Waals surface area contributed by atoms with E-state index in [-0.39, 0.29) is 11.9 Å². The van der Waals surface area contributed by atoms with Crippen LogP contribution in [-0.4, -0.2) is 58.5 Å². The summed E-state index contributed by atoms with van der Waals surface area (Å²) in [5.41, 5.74) is 0. The SMILES string of the molecule is CNCC(=O)N1C[C@@H](n2cccn2)[C@@H](O)C1. The molecule has 0 aliphatic carbocycles. The lowest BCUT2D eigenvalue weighted by Crippen LogP contribution is -2.36. The zero-order valence-electron chi connectivity index (χ0n) is 9.21. The van der Waals surface area contributed by atoms with Crippen LogP contribution >= 0.6 is 0 Å². The molecule has 1 saturated heterocycles. The number of carbonyl (C=O) groups is 1. The van der Waals surface area contributed by atoms with Crippen molar-refractivity contribution in [3.05, 3.63) is 18.5 Å². The highest BCUT2D eigenvalue weighted by molar-refractivity contribution is 5.78. The van der Waals surface area contributed by atoms with Crippen LogP contribution < -0.4 is 5.32 Å². The van der Waals surface area contributed by atoms with Crippen LogP contribution in [0, 0.1) is 0 Å². The van der Waals surface area contributed by atoms with E-state index in [1.54, 1.807) is 29.0 Å². The molecular weight excluding hydrogens is 208 g/mol. The Morgan fingerprint density at radius 2 is 2.44 bits per heavy atom. The van der Waals surface area contributed by atoms with Gasteiger partial charge in [-0.25, -0.2) is 0 Å². The Morgan fingerprint density at radius 3 is 3.06 bits per heavy atom. The van der Waals surface area contributed by atoms with Gasteiger partial charge in [-0.2, -0.15) is 5.10 Å². The van der Waals surface area contributed by atoms with E-state index in [2.05, 4.69) is 10.4 Å². The smallest absolute Gasteiger partial charge is 0.236 e. The zero-order valence-corrected chi connectivity index (χ0v) is 9.21. The number of aliphatic hydroxyl groups is 1. The van der Waals surface area contributed by atoms with Crippen molar-refractivity contribution in [3.8, 4) is 0 Å². The predicted molar refractivity (Wildman–Crippen MR) is 57.8 cm³/mol. The highest BCUT2D eigenvalue weighted by Gasteiger charge is 2.34. The number of β-amino-alcohol motifs (C(OH)–C–C–N with tert-alkyl or cyclic N) is 1. The number of aromatic nitrogens is 2. The number of nitrogens with one attached hydrogen (secondary N) is 1. The summed E-state index contributed by atoms with van der Waals surface area (Å²) in [7, 11) is 1.73. The minimum absolute atomic E-state index is 0.0104. The summed E-state index contributed by atoms with van der Waals surface area (Å²) in [6, 6.07) is 1.68. The van der Waals surface area contributed by atoms with Gasteiger partial charge in [-0.05, 0) is 13.1 Å². The Balaban J connectivity index is 2.02. The first-order valence-corrected chi connectivity index (χ1v) is 5.32. The summed E-state index contributed by atoms with van der Waals surface area (Å²) in [5.74, 6) is 0.0104. The van der Waals surface area contributed by atoms with E-state index < -0.39 is 6.10 Å². The molecular formula is C10H16N4O2. The van der Waals surface area contributed by atoms with Crippen molar-refractivity contribution in [3.63, 3.8) is 0 Å². The normalized spacial score (nSPS) is 25.0. The summed E-state index contributed by atoms with van der Waals surface area (Å²) < 4.78 is 1.71. The predicted octanol–water partition coefficient (Wildman–Crippen LogP) is -1.15. The van der Waals surface area contributed by atoms with Crippen LogP contribution in [-0.2, 0) is 4.79 Å². The molecule has 2 heterocycles. The van der Waals surface area contributed by atoms with Crippen molar-refractivity contribution in [2.45, 2.75) is 12.1 Å². The number of nitrogens with zero attached hydrogens (tertiary/aromatic N) is 3. The third-order valence-corrected chi connectivity index (χ3v) is 2.80. The minimum Gasteiger partial charge on any atom is -0.389 e. The highest BCUT2D eigenvalue weighted by Crippen LogP contribution is 2.21. The summed E-state index contributed by atoms with van der Waals surface area (Å²) in [5, 5.41) is 16.8. The molecule has 0 bridgehead atoms. The van der Waals surface area contributed by atoms with Gasteiger partial charge in [-0.1, -0.05) is 0 Å². The molecule has 1 aliphatic rings. The zero-order chi connectivity index (χ0) is 11.5. The van der Waals surface area contributed by atoms with Gasteiger partial charge in [0.1, 0.15) is 0 Å². The van der Waals surface area contributed by atoms with Crippen LogP contribution in [0.25, 0.3) is 0 Å². The van der Waals surface area contributed by atoms with Crippen molar-refractivity contribution < 1.29 is 9.90 Å². The molecule has 0 aromatic carbocycles. The third kappa shape index (κ3) is 2.07. The first-order chi connectivity index (χ1) is 7.72. The van der Waals surface area contributed by atoms with E-state index in [9.17, 15) is 9.90 Å². The van der Waals surface area contributed by atoms with Crippen molar-refractivity contribution >= 4 is 5.91 Å². The molecule has 1 fully saturated rings. The average Bonchev–Trinajstić information content (AvgIpc) is 2.86. The van der Waals surface area contributed by atoms with Gasteiger partial charge in [0.15, 0.2) is 0 Å². The fourth-order valence-corrected chi connectivity index (χ4v) is 1.97. The first-order valence-electron chi connectivity index (χ1n) is 5.32. The molecule has 16 heavy (non-hydrogen) atoms. The molecule has 88 valence electrons. The van der Waals surface area contributed by atoms with Crippen molar-refractivity contribution in [2.75, 3.05) is 26.7 Å². The molecule has 1 aromatic rings. The van der Waals surface area contributed by atoms with Crippen molar-refractivity contribution in [1.82, 2.24) is 20.0 Å². The van der Waals surface area contributed by atoms with Gasteiger partial charge in [-0.3, -0.25) is 9.48 Å². The lowest BCUT2D eigenvalue weighted by Gasteiger charge is -2.15. The molecule has 0 radical (unpaired) electrons. The number of aliphatic hydroxyl groups excluding tert-OH is 1. The lowest BCUT2D eigenvalue weighted by atomic mass is 10.2. The summed E-state index contributed by atoms with van der Waals surface area (Å²) in [4.78, 5) is 13.3. The second-order valence-corrected chi connectivity index (χ2v) is 3.95. The molecule has 0 spiro atoms. The first kappa shape index (κ1) is 11.1. The maximum absolute atomic E-state index is 11.6. The number of carbonyl (C=O) groups excluding carboxylic acids is 1. The molecule has 2 rings (SSSR count). The quantitative estimate of drug-likeness (QED) is 0.680.